The van der Waals surface area contributed by atoms with Crippen molar-refractivity contribution in [2.45, 2.75) is 25.5 Å². The van der Waals surface area contributed by atoms with E-state index < -0.39 is 5.82 Å². The maximum absolute atomic E-state index is 14.3. The number of carbonyl (C=O) groups is 1. The van der Waals surface area contributed by atoms with Crippen molar-refractivity contribution in [2.24, 2.45) is 0 Å². The van der Waals surface area contributed by atoms with Gasteiger partial charge in [-0.25, -0.2) is 14.2 Å². The van der Waals surface area contributed by atoms with Crippen molar-refractivity contribution in [2.75, 3.05) is 32.8 Å². The van der Waals surface area contributed by atoms with Crippen molar-refractivity contribution < 1.29 is 13.9 Å². The van der Waals surface area contributed by atoms with Crippen molar-refractivity contribution in [1.82, 2.24) is 35.0 Å². The number of tetrazole rings is 1. The minimum Gasteiger partial charge on any atom is -0.370 e. The minimum atomic E-state index is -0.508. The normalized spacial score (nSPS) is 20.6. The number of rotatable bonds is 4. The Bertz CT molecular complexity index is 1200. The molecular weight excluding hydrogens is 439 g/mol. The lowest BCUT2D eigenvalue weighted by Crippen LogP contribution is -2.59. The second kappa shape index (κ2) is 9.24. The lowest BCUT2D eigenvalue weighted by atomic mass is 10.0. The van der Waals surface area contributed by atoms with Crippen LogP contribution in [0.25, 0.3) is 10.7 Å². The Balaban J connectivity index is 1.18. The second-order valence-corrected chi connectivity index (χ2v) is 8.55. The molecule has 2 fully saturated rings. The molecule has 2 aromatic heterocycles. The number of fused-ring (bicyclic) bond motifs is 1. The fourth-order valence-corrected chi connectivity index (χ4v) is 4.51. The lowest BCUT2D eigenvalue weighted by molar-refractivity contribution is -0.139. The zero-order chi connectivity index (χ0) is 23.7. The van der Waals surface area contributed by atoms with Gasteiger partial charge in [-0.3, -0.25) is 9.69 Å². The summed E-state index contributed by atoms with van der Waals surface area (Å²) in [6.45, 7) is 11.9. The predicted molar refractivity (Wildman–Crippen MR) is 119 cm³/mol. The number of hydrogen-bond donors (Lipinski definition) is 0. The summed E-state index contributed by atoms with van der Waals surface area (Å²) in [5.41, 5.74) is 2.25. The third kappa shape index (κ3) is 4.37. The first-order valence-electron chi connectivity index (χ1n) is 11.0. The van der Waals surface area contributed by atoms with Gasteiger partial charge in [0.15, 0.2) is 5.82 Å². The number of aromatic nitrogens is 5. The predicted octanol–water partition coefficient (Wildman–Crippen LogP) is 1.88. The monoisotopic (exact) mass is 462 g/mol. The molecule has 34 heavy (non-hydrogen) atoms. The number of carbonyl (C=O) groups excluding carboxylic acids is 1. The van der Waals surface area contributed by atoms with Crippen LogP contribution in [-0.4, -0.2) is 79.7 Å². The Morgan fingerprint density at radius 2 is 2.18 bits per heavy atom. The Hall–Kier alpha value is -3.75. The number of pyridine rings is 1. The van der Waals surface area contributed by atoms with Gasteiger partial charge < -0.3 is 9.64 Å². The average Bonchev–Trinajstić information content (AvgIpc) is 3.39. The summed E-state index contributed by atoms with van der Waals surface area (Å²) in [5.74, 6) is 0.125. The van der Waals surface area contributed by atoms with Crippen molar-refractivity contribution in [3.8, 4) is 5.82 Å². The van der Waals surface area contributed by atoms with Crippen LogP contribution in [-0.2, 0) is 16.0 Å². The third-order valence-corrected chi connectivity index (χ3v) is 6.36. The molecule has 11 heteroatoms. The van der Waals surface area contributed by atoms with Crippen LogP contribution in [0.1, 0.15) is 22.8 Å². The van der Waals surface area contributed by atoms with Gasteiger partial charge in [0.05, 0.1) is 31.7 Å². The zero-order valence-corrected chi connectivity index (χ0v) is 18.6. The molecule has 1 aromatic carbocycles. The van der Waals surface area contributed by atoms with E-state index in [2.05, 4.69) is 30.3 Å². The Morgan fingerprint density at radius 3 is 2.88 bits per heavy atom. The summed E-state index contributed by atoms with van der Waals surface area (Å²) >= 11 is 0. The molecule has 174 valence electrons. The Labute approximate surface area is 195 Å². The number of halogens is 1. The number of aryl methyl sites for hydroxylation is 1. The van der Waals surface area contributed by atoms with Gasteiger partial charge in [0, 0.05) is 32.4 Å². The SMILES string of the molecule is [C-]#[N+]c1c(C)cc([C@@H]2CN3CCN(C(=O)Cc4ccc(-n5cnnn5)nc4)C[C@@H]3CO2)cc1F. The number of hydrogen-bond acceptors (Lipinski definition) is 7. The van der Waals surface area contributed by atoms with Gasteiger partial charge in [-0.05, 0) is 46.2 Å². The van der Waals surface area contributed by atoms with Crippen LogP contribution in [0.3, 0.4) is 0 Å². The first-order chi connectivity index (χ1) is 16.5. The van der Waals surface area contributed by atoms with Gasteiger partial charge in [-0.2, -0.15) is 4.68 Å². The molecule has 1 amide bonds. The molecular formula is C23H23FN8O2. The highest BCUT2D eigenvalue weighted by Crippen LogP contribution is 2.32. The van der Waals surface area contributed by atoms with Crippen LogP contribution in [0.2, 0.25) is 0 Å². The first kappa shape index (κ1) is 22.1. The van der Waals surface area contributed by atoms with Crippen LogP contribution in [0.4, 0.5) is 10.1 Å². The van der Waals surface area contributed by atoms with Crippen LogP contribution in [0.15, 0.2) is 36.8 Å². The lowest BCUT2D eigenvalue weighted by Gasteiger charge is -2.46. The summed E-state index contributed by atoms with van der Waals surface area (Å²) in [4.78, 5) is 24.7. The van der Waals surface area contributed by atoms with Gasteiger partial charge in [0.1, 0.15) is 12.1 Å². The smallest absolute Gasteiger partial charge is 0.227 e. The number of amides is 1. The first-order valence-corrected chi connectivity index (χ1v) is 11.0. The minimum absolute atomic E-state index is 0.0474. The van der Waals surface area contributed by atoms with Gasteiger partial charge in [0.2, 0.25) is 11.6 Å². The van der Waals surface area contributed by atoms with Gasteiger partial charge in [0.25, 0.3) is 0 Å². The number of morpholine rings is 1. The van der Waals surface area contributed by atoms with E-state index in [1.54, 1.807) is 19.2 Å². The molecule has 0 N–H and O–H groups in total. The van der Waals surface area contributed by atoms with E-state index in [1.807, 2.05) is 17.0 Å². The summed E-state index contributed by atoms with van der Waals surface area (Å²) in [6, 6.07) is 6.97. The molecule has 2 saturated heterocycles. The summed E-state index contributed by atoms with van der Waals surface area (Å²) in [6.07, 6.45) is 3.14. The molecule has 2 aliphatic heterocycles. The fourth-order valence-electron chi connectivity index (χ4n) is 4.51. The highest BCUT2D eigenvalue weighted by atomic mass is 19.1. The topological polar surface area (TPSA) is 93.6 Å². The van der Waals surface area contributed by atoms with Crippen LogP contribution < -0.4 is 0 Å². The van der Waals surface area contributed by atoms with E-state index in [1.165, 1.54) is 17.1 Å². The second-order valence-electron chi connectivity index (χ2n) is 8.55. The highest BCUT2D eigenvalue weighted by Gasteiger charge is 2.35. The van der Waals surface area contributed by atoms with Crippen molar-refractivity contribution in [1.29, 1.82) is 0 Å². The standard InChI is InChI=1S/C23H23FN8O2/c1-15-7-17(9-19(24)23(15)25-2)20-12-30-5-6-31(11-18(30)13-34-20)22(33)8-16-3-4-21(26-10-16)32-14-27-28-29-32/h3-4,7,9-10,14,18,20H,5-6,8,11-13H2,1H3/t18-,20+/m1/s1. The molecule has 2 aliphatic rings. The third-order valence-electron chi connectivity index (χ3n) is 6.36. The zero-order valence-electron chi connectivity index (χ0n) is 18.6. The molecule has 0 spiro atoms. The molecule has 4 heterocycles. The summed E-state index contributed by atoms with van der Waals surface area (Å²) in [7, 11) is 0. The molecule has 10 nitrogen and oxygen atoms in total. The quantitative estimate of drug-likeness (QED) is 0.547. The molecule has 0 bridgehead atoms. The van der Waals surface area contributed by atoms with Crippen LogP contribution in [0.5, 0.6) is 0 Å². The summed E-state index contributed by atoms with van der Waals surface area (Å²) < 4.78 is 21.8. The van der Waals surface area contributed by atoms with E-state index in [-0.39, 0.29) is 30.2 Å². The van der Waals surface area contributed by atoms with Gasteiger partial charge >= 0.3 is 0 Å². The van der Waals surface area contributed by atoms with Crippen LogP contribution in [0, 0.1) is 19.3 Å². The van der Waals surface area contributed by atoms with Crippen molar-refractivity contribution in [3.63, 3.8) is 0 Å². The average molecular weight is 462 g/mol. The number of nitrogens with zero attached hydrogens (tertiary/aromatic N) is 8. The molecule has 0 saturated carbocycles. The molecule has 0 aliphatic carbocycles. The van der Waals surface area contributed by atoms with E-state index in [0.29, 0.717) is 37.6 Å². The molecule has 0 radical (unpaired) electrons. The summed E-state index contributed by atoms with van der Waals surface area (Å²) in [5, 5.41) is 11.0. The Kier molecular flexibility index (Phi) is 6.00. The Morgan fingerprint density at radius 1 is 1.29 bits per heavy atom. The number of ether oxygens (including phenoxy) is 1. The number of benzene rings is 1. The molecule has 0 unspecified atom stereocenters. The van der Waals surface area contributed by atoms with Crippen LogP contribution >= 0.6 is 0 Å². The van der Waals surface area contributed by atoms with E-state index in [4.69, 9.17) is 11.3 Å². The fraction of sp³-hybridized carbons (Fsp3) is 0.391. The molecule has 2 atom stereocenters. The maximum atomic E-state index is 14.3. The van der Waals surface area contributed by atoms with Crippen molar-refractivity contribution in [3.05, 3.63) is 70.7 Å². The highest BCUT2D eigenvalue weighted by molar-refractivity contribution is 5.79. The van der Waals surface area contributed by atoms with Gasteiger partial charge in [-0.1, -0.05) is 12.1 Å². The molecule has 3 aromatic rings. The number of piperazine rings is 1. The van der Waals surface area contributed by atoms with Crippen molar-refractivity contribution >= 4 is 11.6 Å². The van der Waals surface area contributed by atoms with Gasteiger partial charge in [-0.15, -0.1) is 5.10 Å². The van der Waals surface area contributed by atoms with E-state index in [0.717, 1.165) is 17.7 Å². The van der Waals surface area contributed by atoms with E-state index >= 15 is 0 Å². The van der Waals surface area contributed by atoms with E-state index in [9.17, 15) is 9.18 Å². The molecule has 5 rings (SSSR count). The maximum Gasteiger partial charge on any atom is 0.227 e. The largest absolute Gasteiger partial charge is 0.370 e.